The Hall–Kier alpha value is -0.960. The summed E-state index contributed by atoms with van der Waals surface area (Å²) < 4.78 is 27.2. The lowest BCUT2D eigenvalue weighted by molar-refractivity contribution is 0.299. The molecule has 1 aromatic rings. The normalized spacial score (nSPS) is 25.6. The van der Waals surface area contributed by atoms with Gasteiger partial charge in [-0.15, -0.1) is 0 Å². The van der Waals surface area contributed by atoms with Crippen molar-refractivity contribution in [1.29, 1.82) is 0 Å². The quantitative estimate of drug-likeness (QED) is 0.829. The van der Waals surface area contributed by atoms with Gasteiger partial charge in [-0.2, -0.15) is 0 Å². The summed E-state index contributed by atoms with van der Waals surface area (Å²) in [5.41, 5.74) is 0.102. The third kappa shape index (κ3) is 2.49. The van der Waals surface area contributed by atoms with Gasteiger partial charge in [0.05, 0.1) is 0 Å². The molecule has 1 aromatic carbocycles. The largest absolute Gasteiger partial charge is 0.307 e. The molecule has 1 nitrogen and oxygen atoms in total. The van der Waals surface area contributed by atoms with Gasteiger partial charge in [-0.25, -0.2) is 8.78 Å². The van der Waals surface area contributed by atoms with Crippen LogP contribution in [0.15, 0.2) is 18.2 Å². The Balaban J connectivity index is 2.41. The molecule has 1 atom stereocenters. The highest BCUT2D eigenvalue weighted by atomic mass is 19.1. The molecular formula is C14H19F2N. The zero-order valence-electron chi connectivity index (χ0n) is 10.2. The van der Waals surface area contributed by atoms with E-state index in [4.69, 9.17) is 0 Å². The molecule has 1 heterocycles. The van der Waals surface area contributed by atoms with Gasteiger partial charge in [0.2, 0.25) is 0 Å². The van der Waals surface area contributed by atoms with Crippen LogP contribution in [0.25, 0.3) is 0 Å². The van der Waals surface area contributed by atoms with E-state index in [0.29, 0.717) is 5.56 Å². The first-order valence-electron chi connectivity index (χ1n) is 6.38. The van der Waals surface area contributed by atoms with Crippen LogP contribution in [0.1, 0.15) is 44.6 Å². The monoisotopic (exact) mass is 239 g/mol. The molecule has 0 spiro atoms. The predicted octanol–water partition coefficient (Wildman–Crippen LogP) is 3.73. The SMILES string of the molecule is CCC1(c2cc(F)ccc2F)CCCCCN1. The lowest BCUT2D eigenvalue weighted by Gasteiger charge is -2.33. The first-order valence-corrected chi connectivity index (χ1v) is 6.38. The summed E-state index contributed by atoms with van der Waals surface area (Å²) in [6, 6.07) is 3.75. The van der Waals surface area contributed by atoms with Crippen molar-refractivity contribution in [3.05, 3.63) is 35.4 Å². The van der Waals surface area contributed by atoms with E-state index in [2.05, 4.69) is 5.32 Å². The summed E-state index contributed by atoms with van der Waals surface area (Å²) in [6.07, 6.45) is 5.00. The molecule has 3 heteroatoms. The van der Waals surface area contributed by atoms with Crippen molar-refractivity contribution in [2.45, 2.75) is 44.6 Å². The van der Waals surface area contributed by atoms with Gasteiger partial charge in [-0.1, -0.05) is 19.8 Å². The lowest BCUT2D eigenvalue weighted by Crippen LogP contribution is -2.42. The van der Waals surface area contributed by atoms with E-state index >= 15 is 0 Å². The van der Waals surface area contributed by atoms with E-state index in [1.807, 2.05) is 6.92 Å². The minimum Gasteiger partial charge on any atom is -0.307 e. The first kappa shape index (κ1) is 12.5. The third-order valence-electron chi connectivity index (χ3n) is 3.79. The molecule has 1 fully saturated rings. The van der Waals surface area contributed by atoms with Crippen LogP contribution >= 0.6 is 0 Å². The lowest BCUT2D eigenvalue weighted by atomic mass is 9.83. The number of hydrogen-bond donors (Lipinski definition) is 1. The standard InChI is InChI=1S/C14H19F2N/c1-2-14(8-4-3-5-9-17-14)12-10-11(15)6-7-13(12)16/h6-7,10,17H,2-5,8-9H2,1H3. The molecule has 94 valence electrons. The molecule has 0 saturated carbocycles. The Bertz CT molecular complexity index is 382. The topological polar surface area (TPSA) is 12.0 Å². The minimum atomic E-state index is -0.386. The maximum atomic E-state index is 13.9. The smallest absolute Gasteiger partial charge is 0.128 e. The van der Waals surface area contributed by atoms with Crippen LogP contribution in [0.3, 0.4) is 0 Å². The second-order valence-electron chi connectivity index (χ2n) is 4.80. The van der Waals surface area contributed by atoms with Crippen molar-refractivity contribution >= 4 is 0 Å². The highest BCUT2D eigenvalue weighted by Gasteiger charge is 2.33. The van der Waals surface area contributed by atoms with Gasteiger partial charge in [0.25, 0.3) is 0 Å². The fourth-order valence-electron chi connectivity index (χ4n) is 2.73. The van der Waals surface area contributed by atoms with Gasteiger partial charge in [0.1, 0.15) is 11.6 Å². The Kier molecular flexibility index (Phi) is 3.77. The molecule has 2 rings (SSSR count). The maximum absolute atomic E-state index is 13.9. The summed E-state index contributed by atoms with van der Waals surface area (Å²) in [5.74, 6) is -0.664. The average Bonchev–Trinajstić information content (AvgIpc) is 2.58. The molecule has 1 aliphatic heterocycles. The van der Waals surface area contributed by atoms with Crippen molar-refractivity contribution in [3.8, 4) is 0 Å². The zero-order chi connectivity index (χ0) is 12.3. The Labute approximate surface area is 101 Å². The highest BCUT2D eigenvalue weighted by molar-refractivity contribution is 5.27. The number of halogens is 2. The summed E-state index contributed by atoms with van der Waals surface area (Å²) in [7, 11) is 0. The molecule has 1 saturated heterocycles. The van der Waals surface area contributed by atoms with E-state index in [9.17, 15) is 8.78 Å². The van der Waals surface area contributed by atoms with Crippen molar-refractivity contribution < 1.29 is 8.78 Å². The number of benzene rings is 1. The molecular weight excluding hydrogens is 220 g/mol. The van der Waals surface area contributed by atoms with Crippen molar-refractivity contribution in [2.24, 2.45) is 0 Å². The third-order valence-corrected chi connectivity index (χ3v) is 3.79. The van der Waals surface area contributed by atoms with Gasteiger partial charge < -0.3 is 5.32 Å². The Morgan fingerprint density at radius 1 is 1.24 bits per heavy atom. The summed E-state index contributed by atoms with van der Waals surface area (Å²) >= 11 is 0. The van der Waals surface area contributed by atoms with Crippen LogP contribution in [-0.2, 0) is 5.54 Å². The number of rotatable bonds is 2. The Morgan fingerprint density at radius 2 is 2.06 bits per heavy atom. The maximum Gasteiger partial charge on any atom is 0.128 e. The van der Waals surface area contributed by atoms with Crippen molar-refractivity contribution in [1.82, 2.24) is 5.32 Å². The van der Waals surface area contributed by atoms with Gasteiger partial charge in [0, 0.05) is 11.1 Å². The minimum absolute atomic E-state index is 0.303. The van der Waals surface area contributed by atoms with Crippen molar-refractivity contribution in [3.63, 3.8) is 0 Å². The van der Waals surface area contributed by atoms with E-state index in [1.54, 1.807) is 0 Å². The van der Waals surface area contributed by atoms with Crippen LogP contribution in [0.2, 0.25) is 0 Å². The summed E-state index contributed by atoms with van der Waals surface area (Å²) in [6.45, 7) is 2.91. The zero-order valence-corrected chi connectivity index (χ0v) is 10.2. The van der Waals surface area contributed by atoms with E-state index in [0.717, 1.165) is 38.6 Å². The predicted molar refractivity (Wildman–Crippen MR) is 64.8 cm³/mol. The molecule has 1 N–H and O–H groups in total. The summed E-state index contributed by atoms with van der Waals surface area (Å²) in [4.78, 5) is 0. The molecule has 0 amide bonds. The van der Waals surface area contributed by atoms with Crippen LogP contribution in [0.5, 0.6) is 0 Å². The molecule has 0 aliphatic carbocycles. The van der Waals surface area contributed by atoms with Crippen LogP contribution in [0.4, 0.5) is 8.78 Å². The number of nitrogens with one attached hydrogen (secondary N) is 1. The van der Waals surface area contributed by atoms with Crippen molar-refractivity contribution in [2.75, 3.05) is 6.54 Å². The van der Waals surface area contributed by atoms with E-state index in [-0.39, 0.29) is 17.2 Å². The molecule has 0 bridgehead atoms. The summed E-state index contributed by atoms with van der Waals surface area (Å²) in [5, 5.41) is 3.42. The first-order chi connectivity index (χ1) is 8.18. The van der Waals surface area contributed by atoms with E-state index < -0.39 is 0 Å². The van der Waals surface area contributed by atoms with Gasteiger partial charge >= 0.3 is 0 Å². The highest BCUT2D eigenvalue weighted by Crippen LogP contribution is 2.34. The van der Waals surface area contributed by atoms with Gasteiger partial charge in [-0.05, 0) is 44.0 Å². The Morgan fingerprint density at radius 3 is 2.82 bits per heavy atom. The van der Waals surface area contributed by atoms with Crippen LogP contribution in [-0.4, -0.2) is 6.54 Å². The molecule has 17 heavy (non-hydrogen) atoms. The van der Waals surface area contributed by atoms with Gasteiger partial charge in [0.15, 0.2) is 0 Å². The van der Waals surface area contributed by atoms with Crippen LogP contribution in [0, 0.1) is 11.6 Å². The van der Waals surface area contributed by atoms with Crippen LogP contribution < -0.4 is 5.32 Å². The van der Waals surface area contributed by atoms with Gasteiger partial charge in [-0.3, -0.25) is 0 Å². The second-order valence-corrected chi connectivity index (χ2v) is 4.80. The molecule has 1 aliphatic rings. The second kappa shape index (κ2) is 5.13. The molecule has 1 unspecified atom stereocenters. The molecule has 0 aromatic heterocycles. The molecule has 0 radical (unpaired) electrons. The average molecular weight is 239 g/mol. The fraction of sp³-hybridized carbons (Fsp3) is 0.571. The van der Waals surface area contributed by atoms with E-state index in [1.165, 1.54) is 18.2 Å². The number of hydrogen-bond acceptors (Lipinski definition) is 1. The fourth-order valence-corrected chi connectivity index (χ4v) is 2.73.